The van der Waals surface area contributed by atoms with Crippen LogP contribution in [0.2, 0.25) is 0 Å². The molecule has 0 aliphatic heterocycles. The van der Waals surface area contributed by atoms with Gasteiger partial charge >= 0.3 is 6.18 Å². The van der Waals surface area contributed by atoms with Crippen LogP contribution in [-0.4, -0.2) is 36.8 Å². The zero-order chi connectivity index (χ0) is 14.3. The quantitative estimate of drug-likeness (QED) is 0.814. The number of halogens is 3. The summed E-state index contributed by atoms with van der Waals surface area (Å²) in [5, 5.41) is 3.16. The molecule has 0 aromatic heterocycles. The van der Waals surface area contributed by atoms with Crippen LogP contribution in [0, 0.1) is 0 Å². The van der Waals surface area contributed by atoms with E-state index < -0.39 is 12.7 Å². The number of nitrogens with one attached hydrogen (secondary N) is 1. The van der Waals surface area contributed by atoms with E-state index in [0.717, 1.165) is 5.69 Å². The SMILES string of the molecule is CCCN(CC(F)(F)F)C(C)CNc1ccccc1. The molecule has 19 heavy (non-hydrogen) atoms. The molecule has 1 unspecified atom stereocenters. The van der Waals surface area contributed by atoms with E-state index in [1.165, 1.54) is 4.90 Å². The van der Waals surface area contributed by atoms with Crippen molar-refractivity contribution in [3.63, 3.8) is 0 Å². The minimum absolute atomic E-state index is 0.165. The highest BCUT2D eigenvalue weighted by Crippen LogP contribution is 2.18. The van der Waals surface area contributed by atoms with Crippen LogP contribution in [0.4, 0.5) is 18.9 Å². The molecule has 0 amide bonds. The van der Waals surface area contributed by atoms with Gasteiger partial charge in [-0.2, -0.15) is 13.2 Å². The summed E-state index contributed by atoms with van der Waals surface area (Å²) >= 11 is 0. The molecule has 0 bridgehead atoms. The molecule has 0 aliphatic rings. The van der Waals surface area contributed by atoms with Gasteiger partial charge in [-0.05, 0) is 32.0 Å². The highest BCUT2D eigenvalue weighted by Gasteiger charge is 2.32. The Balaban J connectivity index is 2.50. The standard InChI is InChI=1S/C14H21F3N2/c1-3-9-19(11-14(15,16)17)12(2)10-18-13-7-5-4-6-8-13/h4-8,12,18H,3,9-11H2,1-2H3. The maximum atomic E-state index is 12.5. The molecular weight excluding hydrogens is 253 g/mol. The summed E-state index contributed by atoms with van der Waals surface area (Å²) in [5.74, 6) is 0. The number of alkyl halides is 3. The van der Waals surface area contributed by atoms with Gasteiger partial charge in [0.25, 0.3) is 0 Å². The van der Waals surface area contributed by atoms with E-state index in [1.54, 1.807) is 0 Å². The number of para-hydroxylation sites is 1. The van der Waals surface area contributed by atoms with Crippen LogP contribution >= 0.6 is 0 Å². The molecule has 0 fully saturated rings. The number of hydrogen-bond acceptors (Lipinski definition) is 2. The molecule has 0 saturated carbocycles. The van der Waals surface area contributed by atoms with E-state index in [9.17, 15) is 13.2 Å². The molecular formula is C14H21F3N2. The Morgan fingerprint density at radius 1 is 1.21 bits per heavy atom. The third-order valence-corrected chi connectivity index (χ3v) is 2.89. The summed E-state index contributed by atoms with van der Waals surface area (Å²) < 4.78 is 37.5. The third-order valence-electron chi connectivity index (χ3n) is 2.89. The van der Waals surface area contributed by atoms with Crippen LogP contribution in [0.1, 0.15) is 20.3 Å². The summed E-state index contributed by atoms with van der Waals surface area (Å²) in [5.41, 5.74) is 0.929. The van der Waals surface area contributed by atoms with Crippen LogP contribution < -0.4 is 5.32 Å². The van der Waals surface area contributed by atoms with Gasteiger partial charge in [-0.15, -0.1) is 0 Å². The molecule has 1 N–H and O–H groups in total. The summed E-state index contributed by atoms with van der Waals surface area (Å²) in [6.45, 7) is 3.81. The van der Waals surface area contributed by atoms with Crippen molar-refractivity contribution < 1.29 is 13.2 Å². The molecule has 1 atom stereocenters. The second-order valence-corrected chi connectivity index (χ2v) is 4.68. The molecule has 0 saturated heterocycles. The van der Waals surface area contributed by atoms with Gasteiger partial charge in [0.1, 0.15) is 0 Å². The average Bonchev–Trinajstić information content (AvgIpc) is 2.35. The third kappa shape index (κ3) is 6.47. The molecule has 0 radical (unpaired) electrons. The van der Waals surface area contributed by atoms with Gasteiger partial charge in [0.05, 0.1) is 6.54 Å². The van der Waals surface area contributed by atoms with E-state index >= 15 is 0 Å². The average molecular weight is 274 g/mol. The van der Waals surface area contributed by atoms with Crippen molar-refractivity contribution in [1.82, 2.24) is 4.90 Å². The van der Waals surface area contributed by atoms with Crippen molar-refractivity contribution in [2.75, 3.05) is 25.0 Å². The van der Waals surface area contributed by atoms with E-state index in [0.29, 0.717) is 19.5 Å². The molecule has 1 aromatic carbocycles. The Hall–Kier alpha value is -1.23. The van der Waals surface area contributed by atoms with Gasteiger partial charge in [-0.1, -0.05) is 25.1 Å². The maximum Gasteiger partial charge on any atom is 0.401 e. The molecule has 0 heterocycles. The van der Waals surface area contributed by atoms with E-state index in [-0.39, 0.29) is 6.04 Å². The van der Waals surface area contributed by atoms with Gasteiger partial charge in [-0.3, -0.25) is 4.90 Å². The van der Waals surface area contributed by atoms with Crippen LogP contribution in [0.5, 0.6) is 0 Å². The van der Waals surface area contributed by atoms with Crippen LogP contribution in [0.15, 0.2) is 30.3 Å². The lowest BCUT2D eigenvalue weighted by Gasteiger charge is -2.30. The summed E-state index contributed by atoms with van der Waals surface area (Å²) in [7, 11) is 0. The topological polar surface area (TPSA) is 15.3 Å². The smallest absolute Gasteiger partial charge is 0.383 e. The fraction of sp³-hybridized carbons (Fsp3) is 0.571. The first-order valence-corrected chi connectivity index (χ1v) is 6.52. The van der Waals surface area contributed by atoms with Crippen molar-refractivity contribution in [3.05, 3.63) is 30.3 Å². The number of nitrogens with zero attached hydrogens (tertiary/aromatic N) is 1. The van der Waals surface area contributed by atoms with Crippen molar-refractivity contribution >= 4 is 5.69 Å². The second kappa shape index (κ2) is 7.38. The van der Waals surface area contributed by atoms with Gasteiger partial charge in [0, 0.05) is 18.3 Å². The van der Waals surface area contributed by atoms with E-state index in [1.807, 2.05) is 44.2 Å². The van der Waals surface area contributed by atoms with Crippen LogP contribution in [0.3, 0.4) is 0 Å². The van der Waals surface area contributed by atoms with Crippen molar-refractivity contribution in [1.29, 1.82) is 0 Å². The van der Waals surface area contributed by atoms with Crippen molar-refractivity contribution in [3.8, 4) is 0 Å². The molecule has 108 valence electrons. The fourth-order valence-corrected chi connectivity index (χ4v) is 1.92. The molecule has 5 heteroatoms. The monoisotopic (exact) mass is 274 g/mol. The summed E-state index contributed by atoms with van der Waals surface area (Å²) in [6, 6.07) is 9.34. The highest BCUT2D eigenvalue weighted by atomic mass is 19.4. The minimum atomic E-state index is -4.14. The number of hydrogen-bond donors (Lipinski definition) is 1. The Morgan fingerprint density at radius 3 is 2.37 bits per heavy atom. The predicted octanol–water partition coefficient (Wildman–Crippen LogP) is 3.76. The van der Waals surface area contributed by atoms with Crippen LogP contribution in [0.25, 0.3) is 0 Å². The van der Waals surface area contributed by atoms with Gasteiger partial charge in [-0.25, -0.2) is 0 Å². The lowest BCUT2D eigenvalue weighted by molar-refractivity contribution is -0.149. The summed E-state index contributed by atoms with van der Waals surface area (Å²) in [4.78, 5) is 1.47. The Labute approximate surface area is 112 Å². The molecule has 1 aromatic rings. The van der Waals surface area contributed by atoms with Crippen LogP contribution in [-0.2, 0) is 0 Å². The van der Waals surface area contributed by atoms with Crippen molar-refractivity contribution in [2.45, 2.75) is 32.5 Å². The minimum Gasteiger partial charge on any atom is -0.383 e. The second-order valence-electron chi connectivity index (χ2n) is 4.68. The lowest BCUT2D eigenvalue weighted by atomic mass is 10.2. The number of benzene rings is 1. The van der Waals surface area contributed by atoms with Gasteiger partial charge in [0.2, 0.25) is 0 Å². The highest BCUT2D eigenvalue weighted by molar-refractivity contribution is 5.42. The predicted molar refractivity (Wildman–Crippen MR) is 72.3 cm³/mol. The Morgan fingerprint density at radius 2 is 1.84 bits per heavy atom. The fourth-order valence-electron chi connectivity index (χ4n) is 1.92. The first-order valence-electron chi connectivity index (χ1n) is 6.52. The van der Waals surface area contributed by atoms with Crippen molar-refractivity contribution in [2.24, 2.45) is 0 Å². The largest absolute Gasteiger partial charge is 0.401 e. The molecule has 0 aliphatic carbocycles. The lowest BCUT2D eigenvalue weighted by Crippen LogP contribution is -2.43. The van der Waals surface area contributed by atoms with E-state index in [4.69, 9.17) is 0 Å². The van der Waals surface area contributed by atoms with E-state index in [2.05, 4.69) is 5.32 Å². The number of anilines is 1. The van der Waals surface area contributed by atoms with Gasteiger partial charge < -0.3 is 5.32 Å². The molecule has 1 rings (SSSR count). The normalized spacial score (nSPS) is 13.6. The molecule has 0 spiro atoms. The maximum absolute atomic E-state index is 12.5. The summed E-state index contributed by atoms with van der Waals surface area (Å²) in [6.07, 6.45) is -3.43. The first kappa shape index (κ1) is 15.8. The Kier molecular flexibility index (Phi) is 6.15. The number of rotatable bonds is 7. The molecule has 2 nitrogen and oxygen atoms in total. The zero-order valence-corrected chi connectivity index (χ0v) is 11.4. The Bertz CT molecular complexity index is 351. The zero-order valence-electron chi connectivity index (χ0n) is 11.4. The first-order chi connectivity index (χ1) is 8.92. The van der Waals surface area contributed by atoms with Gasteiger partial charge in [0.15, 0.2) is 0 Å².